The summed E-state index contributed by atoms with van der Waals surface area (Å²) in [7, 11) is 0. The Hall–Kier alpha value is -1.47. The van der Waals surface area contributed by atoms with E-state index in [9.17, 15) is 9.59 Å². The number of nitrogens with two attached hydrogens (primary N) is 1. The van der Waals surface area contributed by atoms with Crippen LogP contribution < -0.4 is 11.1 Å². The summed E-state index contributed by atoms with van der Waals surface area (Å²) in [6.45, 7) is 5.73. The van der Waals surface area contributed by atoms with Gasteiger partial charge in [0.15, 0.2) is 0 Å². The third-order valence-electron chi connectivity index (χ3n) is 2.82. The summed E-state index contributed by atoms with van der Waals surface area (Å²) in [6.07, 6.45) is 2.34. The first-order valence-corrected chi connectivity index (χ1v) is 8.20. The lowest BCUT2D eigenvalue weighted by Gasteiger charge is -2.20. The molecule has 0 saturated heterocycles. The van der Waals surface area contributed by atoms with Gasteiger partial charge in [0.25, 0.3) is 5.91 Å². The summed E-state index contributed by atoms with van der Waals surface area (Å²) in [5.74, 6) is -0.320. The maximum absolute atomic E-state index is 12.4. The lowest BCUT2D eigenvalue weighted by atomic mass is 10.3. The molecule has 1 rings (SSSR count). The molecule has 2 amide bonds. The second kappa shape index (κ2) is 9.46. The van der Waals surface area contributed by atoms with E-state index in [4.69, 9.17) is 5.73 Å². The zero-order valence-electron chi connectivity index (χ0n) is 12.7. The number of carbonyl (C=O) groups is 2. The van der Waals surface area contributed by atoms with E-state index < -0.39 is 0 Å². The molecule has 3 N–H and O–H groups in total. The number of amides is 2. The van der Waals surface area contributed by atoms with Gasteiger partial charge in [0, 0.05) is 24.9 Å². The fourth-order valence-corrected chi connectivity index (χ4v) is 2.61. The molecule has 0 aromatic carbocycles. The van der Waals surface area contributed by atoms with E-state index in [2.05, 4.69) is 10.3 Å². The molecule has 6 nitrogen and oxygen atoms in total. The van der Waals surface area contributed by atoms with Crippen LogP contribution in [0.25, 0.3) is 0 Å². The van der Waals surface area contributed by atoms with Gasteiger partial charge in [0.2, 0.25) is 5.91 Å². The molecule has 0 bridgehead atoms. The summed E-state index contributed by atoms with van der Waals surface area (Å²) >= 11 is 1.43. The van der Waals surface area contributed by atoms with E-state index in [0.717, 1.165) is 17.8 Å². The van der Waals surface area contributed by atoms with Gasteiger partial charge in [-0.05, 0) is 19.4 Å². The molecule has 0 aliphatic carbocycles. The van der Waals surface area contributed by atoms with Crippen LogP contribution in [0.4, 0.5) is 0 Å². The first-order valence-electron chi connectivity index (χ1n) is 7.32. The summed E-state index contributed by atoms with van der Waals surface area (Å²) in [4.78, 5) is 30.0. The fraction of sp³-hybridized carbons (Fsp3) is 0.643. The third kappa shape index (κ3) is 5.81. The van der Waals surface area contributed by atoms with E-state index in [0.29, 0.717) is 31.7 Å². The third-order valence-corrected chi connectivity index (χ3v) is 3.73. The SMILES string of the molecule is CCCNC(=O)CN(CCC)C(=O)c1csc(CCN)n1. The maximum Gasteiger partial charge on any atom is 0.273 e. The Kier molecular flexibility index (Phi) is 7.92. The Balaban J connectivity index is 2.69. The quantitative estimate of drug-likeness (QED) is 0.712. The van der Waals surface area contributed by atoms with Crippen molar-refractivity contribution in [3.05, 3.63) is 16.1 Å². The lowest BCUT2D eigenvalue weighted by Crippen LogP contribution is -2.41. The Labute approximate surface area is 129 Å². The van der Waals surface area contributed by atoms with Crippen molar-refractivity contribution in [2.24, 2.45) is 5.73 Å². The van der Waals surface area contributed by atoms with Gasteiger partial charge in [-0.25, -0.2) is 4.98 Å². The predicted molar refractivity (Wildman–Crippen MR) is 84.4 cm³/mol. The molecule has 0 spiro atoms. The van der Waals surface area contributed by atoms with Crippen LogP contribution in [0, 0.1) is 0 Å². The zero-order chi connectivity index (χ0) is 15.7. The van der Waals surface area contributed by atoms with Crippen LogP contribution in [0.15, 0.2) is 5.38 Å². The highest BCUT2D eigenvalue weighted by atomic mass is 32.1. The zero-order valence-corrected chi connectivity index (χ0v) is 13.5. The molecule has 0 aliphatic heterocycles. The van der Waals surface area contributed by atoms with Crippen LogP contribution in [-0.2, 0) is 11.2 Å². The van der Waals surface area contributed by atoms with Gasteiger partial charge in [-0.15, -0.1) is 11.3 Å². The standard InChI is InChI=1S/C14H24N4O2S/c1-3-7-16-12(19)9-18(8-4-2)14(20)11-10-21-13(17-11)5-6-15/h10H,3-9,15H2,1-2H3,(H,16,19). The molecule has 0 radical (unpaired) electrons. The molecular weight excluding hydrogens is 288 g/mol. The molecule has 0 atom stereocenters. The van der Waals surface area contributed by atoms with Crippen molar-refractivity contribution in [1.29, 1.82) is 0 Å². The topological polar surface area (TPSA) is 88.3 Å². The summed E-state index contributed by atoms with van der Waals surface area (Å²) in [5.41, 5.74) is 5.89. The number of nitrogens with one attached hydrogen (secondary N) is 1. The van der Waals surface area contributed by atoms with Crippen molar-refractivity contribution in [3.8, 4) is 0 Å². The Morgan fingerprint density at radius 1 is 1.38 bits per heavy atom. The van der Waals surface area contributed by atoms with Gasteiger partial charge in [-0.1, -0.05) is 13.8 Å². The molecule has 7 heteroatoms. The van der Waals surface area contributed by atoms with Gasteiger partial charge in [0.05, 0.1) is 11.6 Å². The van der Waals surface area contributed by atoms with E-state index in [-0.39, 0.29) is 18.4 Å². The smallest absolute Gasteiger partial charge is 0.273 e. The van der Waals surface area contributed by atoms with E-state index >= 15 is 0 Å². The van der Waals surface area contributed by atoms with Crippen LogP contribution in [0.1, 0.15) is 42.2 Å². The van der Waals surface area contributed by atoms with Crippen molar-refractivity contribution < 1.29 is 9.59 Å². The molecule has 118 valence electrons. The van der Waals surface area contributed by atoms with Crippen LogP contribution in [-0.4, -0.2) is 47.9 Å². The van der Waals surface area contributed by atoms with E-state index in [1.165, 1.54) is 11.3 Å². The van der Waals surface area contributed by atoms with Gasteiger partial charge in [-0.3, -0.25) is 9.59 Å². The summed E-state index contributed by atoms with van der Waals surface area (Å²) in [6, 6.07) is 0. The largest absolute Gasteiger partial charge is 0.355 e. The van der Waals surface area contributed by atoms with E-state index in [1.54, 1.807) is 10.3 Å². The highest BCUT2D eigenvalue weighted by molar-refractivity contribution is 7.09. The number of rotatable bonds is 9. The maximum atomic E-state index is 12.4. The molecule has 0 fully saturated rings. The minimum absolute atomic E-state index is 0.0798. The van der Waals surface area contributed by atoms with Crippen molar-refractivity contribution in [2.45, 2.75) is 33.1 Å². The Morgan fingerprint density at radius 2 is 2.14 bits per heavy atom. The first-order chi connectivity index (χ1) is 10.1. The number of hydrogen-bond acceptors (Lipinski definition) is 5. The van der Waals surface area contributed by atoms with Crippen molar-refractivity contribution >= 4 is 23.2 Å². The van der Waals surface area contributed by atoms with Crippen LogP contribution in [0.5, 0.6) is 0 Å². The lowest BCUT2D eigenvalue weighted by molar-refractivity contribution is -0.121. The summed E-state index contributed by atoms with van der Waals surface area (Å²) < 4.78 is 0. The molecule has 21 heavy (non-hydrogen) atoms. The number of carbonyl (C=O) groups excluding carboxylic acids is 2. The Morgan fingerprint density at radius 3 is 2.76 bits per heavy atom. The highest BCUT2D eigenvalue weighted by Crippen LogP contribution is 2.12. The average Bonchev–Trinajstić information content (AvgIpc) is 2.93. The van der Waals surface area contributed by atoms with Crippen molar-refractivity contribution in [2.75, 3.05) is 26.2 Å². The second-order valence-corrected chi connectivity index (χ2v) is 5.68. The molecule has 0 unspecified atom stereocenters. The number of aromatic nitrogens is 1. The van der Waals surface area contributed by atoms with Crippen LogP contribution in [0.3, 0.4) is 0 Å². The van der Waals surface area contributed by atoms with Gasteiger partial charge in [-0.2, -0.15) is 0 Å². The minimum atomic E-state index is -0.192. The second-order valence-electron chi connectivity index (χ2n) is 4.74. The van der Waals surface area contributed by atoms with Crippen LogP contribution >= 0.6 is 11.3 Å². The normalized spacial score (nSPS) is 10.4. The fourth-order valence-electron chi connectivity index (χ4n) is 1.83. The van der Waals surface area contributed by atoms with Crippen molar-refractivity contribution in [1.82, 2.24) is 15.2 Å². The van der Waals surface area contributed by atoms with Crippen molar-refractivity contribution in [3.63, 3.8) is 0 Å². The molecule has 1 heterocycles. The molecular formula is C14H24N4O2S. The number of thiazole rings is 1. The molecule has 1 aromatic heterocycles. The molecule has 1 aromatic rings. The molecule has 0 aliphatic rings. The first kappa shape index (κ1) is 17.6. The van der Waals surface area contributed by atoms with Crippen LogP contribution in [0.2, 0.25) is 0 Å². The number of nitrogens with zero attached hydrogens (tertiary/aromatic N) is 2. The minimum Gasteiger partial charge on any atom is -0.355 e. The van der Waals surface area contributed by atoms with E-state index in [1.807, 2.05) is 13.8 Å². The van der Waals surface area contributed by atoms with Gasteiger partial charge in [0.1, 0.15) is 5.69 Å². The predicted octanol–water partition coefficient (Wildman–Crippen LogP) is 1.02. The number of hydrogen-bond donors (Lipinski definition) is 2. The average molecular weight is 312 g/mol. The van der Waals surface area contributed by atoms with Gasteiger partial charge >= 0.3 is 0 Å². The highest BCUT2D eigenvalue weighted by Gasteiger charge is 2.20. The Bertz CT molecular complexity index is 462. The monoisotopic (exact) mass is 312 g/mol. The summed E-state index contributed by atoms with van der Waals surface area (Å²) in [5, 5.41) is 5.38. The molecule has 0 saturated carbocycles. The van der Waals surface area contributed by atoms with Gasteiger partial charge < -0.3 is 16.0 Å².